The van der Waals surface area contributed by atoms with Crippen LogP contribution in [0.1, 0.15) is 30.6 Å². The minimum atomic E-state index is 0.445. The predicted molar refractivity (Wildman–Crippen MR) is 73.7 cm³/mol. The molecule has 1 fully saturated rings. The number of hydrogen-bond donors (Lipinski definition) is 1. The molecule has 1 aliphatic rings. The van der Waals surface area contributed by atoms with Crippen molar-refractivity contribution in [1.82, 2.24) is 4.90 Å². The van der Waals surface area contributed by atoms with Gasteiger partial charge in [-0.15, -0.1) is 11.3 Å². The number of thiophene rings is 1. The first-order valence-electron chi connectivity index (χ1n) is 5.84. The third kappa shape index (κ3) is 3.29. The lowest BCUT2D eigenvalue weighted by molar-refractivity contribution is 0.177. The molecule has 0 aromatic carbocycles. The lowest BCUT2D eigenvalue weighted by atomic mass is 9.91. The van der Waals surface area contributed by atoms with Crippen molar-refractivity contribution in [3.63, 3.8) is 0 Å². The molecule has 1 saturated carbocycles. The quantitative estimate of drug-likeness (QED) is 0.929. The lowest BCUT2D eigenvalue weighted by Crippen LogP contribution is -2.38. The molecule has 0 aliphatic heterocycles. The number of halogens is 1. The zero-order valence-corrected chi connectivity index (χ0v) is 12.1. The molecule has 1 aromatic heterocycles. The second-order valence-corrected chi connectivity index (χ2v) is 6.63. The van der Waals surface area contributed by atoms with Gasteiger partial charge in [0.1, 0.15) is 0 Å². The third-order valence-corrected chi connectivity index (χ3v) is 5.07. The van der Waals surface area contributed by atoms with Crippen LogP contribution in [0, 0.1) is 0 Å². The van der Waals surface area contributed by atoms with Crippen LogP contribution in [-0.4, -0.2) is 24.0 Å². The van der Waals surface area contributed by atoms with Gasteiger partial charge in [-0.3, -0.25) is 4.90 Å². The van der Waals surface area contributed by atoms with E-state index in [2.05, 4.69) is 39.3 Å². The summed E-state index contributed by atoms with van der Waals surface area (Å²) in [5.41, 5.74) is 5.93. The molecule has 0 spiro atoms. The van der Waals surface area contributed by atoms with Crippen molar-refractivity contribution < 1.29 is 0 Å². The maximum Gasteiger partial charge on any atom is 0.0328 e. The van der Waals surface area contributed by atoms with Crippen LogP contribution in [0.2, 0.25) is 0 Å². The molecule has 0 radical (unpaired) electrons. The Morgan fingerprint density at radius 3 is 2.69 bits per heavy atom. The van der Waals surface area contributed by atoms with Crippen LogP contribution < -0.4 is 5.73 Å². The number of hydrogen-bond acceptors (Lipinski definition) is 3. The Bertz CT molecular complexity index is 332. The standard InChI is InChI=1S/C12H19BrN2S/c1-15(7-12-6-9(13)8-16-12)11-4-2-10(14)3-5-11/h6,8,10-11H,2-5,7,14H2,1H3. The van der Waals surface area contributed by atoms with Crippen LogP contribution in [0.5, 0.6) is 0 Å². The molecule has 2 N–H and O–H groups in total. The topological polar surface area (TPSA) is 29.3 Å². The fourth-order valence-electron chi connectivity index (χ4n) is 2.35. The summed E-state index contributed by atoms with van der Waals surface area (Å²) in [5.74, 6) is 0. The smallest absolute Gasteiger partial charge is 0.0328 e. The lowest BCUT2D eigenvalue weighted by Gasteiger charge is -2.33. The highest BCUT2D eigenvalue weighted by Gasteiger charge is 2.22. The van der Waals surface area contributed by atoms with E-state index in [1.807, 2.05) is 11.3 Å². The van der Waals surface area contributed by atoms with Gasteiger partial charge in [-0.25, -0.2) is 0 Å². The van der Waals surface area contributed by atoms with E-state index in [1.165, 1.54) is 35.0 Å². The molecule has 4 heteroatoms. The van der Waals surface area contributed by atoms with Gasteiger partial charge < -0.3 is 5.73 Å². The molecule has 1 heterocycles. The normalized spacial score (nSPS) is 26.2. The van der Waals surface area contributed by atoms with E-state index in [0.717, 1.165) is 12.6 Å². The second kappa shape index (κ2) is 5.63. The molecule has 2 rings (SSSR count). The van der Waals surface area contributed by atoms with Crippen molar-refractivity contribution in [2.24, 2.45) is 5.73 Å². The summed E-state index contributed by atoms with van der Waals surface area (Å²) in [6.45, 7) is 1.07. The summed E-state index contributed by atoms with van der Waals surface area (Å²) in [6, 6.07) is 3.39. The molecular weight excluding hydrogens is 284 g/mol. The number of nitrogens with zero attached hydrogens (tertiary/aromatic N) is 1. The van der Waals surface area contributed by atoms with Crippen molar-refractivity contribution >= 4 is 27.3 Å². The summed E-state index contributed by atoms with van der Waals surface area (Å²) in [4.78, 5) is 3.91. The van der Waals surface area contributed by atoms with Crippen molar-refractivity contribution in [2.45, 2.75) is 44.3 Å². The highest BCUT2D eigenvalue weighted by atomic mass is 79.9. The largest absolute Gasteiger partial charge is 0.328 e. The molecule has 2 nitrogen and oxygen atoms in total. The molecule has 0 unspecified atom stereocenters. The predicted octanol–water partition coefficient (Wildman–Crippen LogP) is 3.21. The number of rotatable bonds is 3. The maximum absolute atomic E-state index is 5.93. The van der Waals surface area contributed by atoms with Crippen LogP contribution >= 0.6 is 27.3 Å². The van der Waals surface area contributed by atoms with Gasteiger partial charge in [-0.2, -0.15) is 0 Å². The minimum absolute atomic E-state index is 0.445. The molecule has 0 amide bonds. The van der Waals surface area contributed by atoms with E-state index < -0.39 is 0 Å². The van der Waals surface area contributed by atoms with Crippen molar-refractivity contribution in [3.8, 4) is 0 Å². The Hall–Kier alpha value is 0.1000. The molecule has 90 valence electrons. The molecule has 1 aromatic rings. The van der Waals surface area contributed by atoms with Gasteiger partial charge in [0.05, 0.1) is 0 Å². The minimum Gasteiger partial charge on any atom is -0.328 e. The Morgan fingerprint density at radius 2 is 2.12 bits per heavy atom. The van der Waals surface area contributed by atoms with Gasteiger partial charge in [-0.05, 0) is 54.7 Å². The Morgan fingerprint density at radius 1 is 1.44 bits per heavy atom. The summed E-state index contributed by atoms with van der Waals surface area (Å²) >= 11 is 5.33. The molecule has 1 aliphatic carbocycles. The molecule has 0 saturated heterocycles. The van der Waals surface area contributed by atoms with Crippen LogP contribution in [0.3, 0.4) is 0 Å². The zero-order chi connectivity index (χ0) is 11.5. The van der Waals surface area contributed by atoms with Gasteiger partial charge in [0, 0.05) is 33.4 Å². The Kier molecular flexibility index (Phi) is 4.41. The van der Waals surface area contributed by atoms with Gasteiger partial charge in [0.25, 0.3) is 0 Å². The van der Waals surface area contributed by atoms with E-state index in [0.29, 0.717) is 6.04 Å². The first-order valence-corrected chi connectivity index (χ1v) is 7.51. The van der Waals surface area contributed by atoms with E-state index in [4.69, 9.17) is 5.73 Å². The van der Waals surface area contributed by atoms with E-state index in [1.54, 1.807) is 0 Å². The maximum atomic E-state index is 5.93. The zero-order valence-electron chi connectivity index (χ0n) is 9.66. The van der Waals surface area contributed by atoms with Crippen molar-refractivity contribution in [3.05, 3.63) is 20.8 Å². The first-order chi connectivity index (χ1) is 7.65. The van der Waals surface area contributed by atoms with Crippen LogP contribution in [0.25, 0.3) is 0 Å². The highest BCUT2D eigenvalue weighted by Crippen LogP contribution is 2.25. The highest BCUT2D eigenvalue weighted by molar-refractivity contribution is 9.10. The Labute approximate surface area is 110 Å². The van der Waals surface area contributed by atoms with Gasteiger partial charge in [-0.1, -0.05) is 0 Å². The summed E-state index contributed by atoms with van der Waals surface area (Å²) in [6.07, 6.45) is 4.88. The fourth-order valence-corrected chi connectivity index (χ4v) is 3.87. The third-order valence-electron chi connectivity index (χ3n) is 3.39. The average Bonchev–Trinajstić information content (AvgIpc) is 2.65. The molecule has 16 heavy (non-hydrogen) atoms. The van der Waals surface area contributed by atoms with E-state index >= 15 is 0 Å². The van der Waals surface area contributed by atoms with E-state index in [-0.39, 0.29) is 0 Å². The summed E-state index contributed by atoms with van der Waals surface area (Å²) in [5, 5.41) is 2.15. The first kappa shape index (κ1) is 12.6. The van der Waals surface area contributed by atoms with Gasteiger partial charge in [0.15, 0.2) is 0 Å². The molecular formula is C12H19BrN2S. The molecule has 0 bridgehead atoms. The summed E-state index contributed by atoms with van der Waals surface area (Å²) in [7, 11) is 2.23. The van der Waals surface area contributed by atoms with Crippen molar-refractivity contribution in [1.29, 1.82) is 0 Å². The Balaban J connectivity index is 1.85. The van der Waals surface area contributed by atoms with Gasteiger partial charge in [0.2, 0.25) is 0 Å². The monoisotopic (exact) mass is 302 g/mol. The average molecular weight is 303 g/mol. The SMILES string of the molecule is CN(Cc1cc(Br)cs1)C1CCC(N)CC1. The van der Waals surface area contributed by atoms with Crippen LogP contribution in [-0.2, 0) is 6.54 Å². The second-order valence-electron chi connectivity index (χ2n) is 4.71. The number of nitrogens with two attached hydrogens (primary N) is 1. The van der Waals surface area contributed by atoms with E-state index in [9.17, 15) is 0 Å². The van der Waals surface area contributed by atoms with Crippen LogP contribution in [0.4, 0.5) is 0 Å². The fraction of sp³-hybridized carbons (Fsp3) is 0.667. The van der Waals surface area contributed by atoms with Crippen molar-refractivity contribution in [2.75, 3.05) is 7.05 Å². The van der Waals surface area contributed by atoms with Gasteiger partial charge >= 0.3 is 0 Å². The summed E-state index contributed by atoms with van der Waals surface area (Å²) < 4.78 is 1.20. The molecule has 0 atom stereocenters. The van der Waals surface area contributed by atoms with Crippen LogP contribution in [0.15, 0.2) is 15.9 Å².